The predicted octanol–water partition coefficient (Wildman–Crippen LogP) is 8.85. The van der Waals surface area contributed by atoms with Gasteiger partial charge < -0.3 is 28.8 Å². The predicted molar refractivity (Wildman–Crippen MR) is 172 cm³/mol. The number of carbonyl (C=O) groups excluding carboxylic acids is 1. The molecule has 2 aromatic rings. The number of aliphatic hydroxyl groups is 1. The zero-order valence-electron chi connectivity index (χ0n) is 26.9. The van der Waals surface area contributed by atoms with Gasteiger partial charge in [-0.3, -0.25) is 0 Å². The Morgan fingerprint density at radius 2 is 1.05 bits per heavy atom. The van der Waals surface area contributed by atoms with E-state index < -0.39 is 0 Å². The van der Waals surface area contributed by atoms with Crippen molar-refractivity contribution in [2.75, 3.05) is 20.8 Å². The Morgan fingerprint density at radius 1 is 0.619 bits per heavy atom. The average molecular weight is 587 g/mol. The molecule has 0 amide bonds. The van der Waals surface area contributed by atoms with E-state index in [1.165, 1.54) is 57.8 Å². The quantitative estimate of drug-likeness (QED) is 0.0978. The van der Waals surface area contributed by atoms with Crippen LogP contribution < -0.4 is 9.47 Å². The summed E-state index contributed by atoms with van der Waals surface area (Å²) in [7, 11) is 3.32. The van der Waals surface area contributed by atoms with Gasteiger partial charge in [0.1, 0.15) is 17.8 Å². The molecule has 6 heteroatoms. The molecular formula is C36H58O6. The highest BCUT2D eigenvalue weighted by Gasteiger charge is 2.10. The van der Waals surface area contributed by atoms with Crippen molar-refractivity contribution in [2.24, 2.45) is 0 Å². The van der Waals surface area contributed by atoms with E-state index >= 15 is 0 Å². The molecule has 0 saturated heterocycles. The van der Waals surface area contributed by atoms with Gasteiger partial charge in [-0.2, -0.15) is 0 Å². The van der Waals surface area contributed by atoms with Crippen molar-refractivity contribution in [2.45, 2.75) is 129 Å². The fourth-order valence-electron chi connectivity index (χ4n) is 4.65. The third-order valence-electron chi connectivity index (χ3n) is 7.36. The van der Waals surface area contributed by atoms with Gasteiger partial charge in [-0.25, -0.2) is 0 Å². The maximum Gasteiger partial charge on any atom is 0.122 e. The Labute approximate surface area is 256 Å². The largest absolute Gasteiger partial charge is 0.497 e. The highest BCUT2D eigenvalue weighted by Crippen LogP contribution is 2.18. The molecule has 238 valence electrons. The van der Waals surface area contributed by atoms with E-state index in [9.17, 15) is 4.79 Å². The molecule has 0 spiro atoms. The molecule has 2 aromatic carbocycles. The van der Waals surface area contributed by atoms with Crippen LogP contribution in [-0.4, -0.2) is 44.4 Å². The van der Waals surface area contributed by atoms with Crippen LogP contribution in [0.15, 0.2) is 48.5 Å². The van der Waals surface area contributed by atoms with Crippen LogP contribution in [0, 0.1) is 0 Å². The fraction of sp³-hybridized carbons (Fsp3) is 0.639. The molecule has 0 heterocycles. The molecule has 0 aliphatic rings. The third-order valence-corrected chi connectivity index (χ3v) is 7.36. The minimum Gasteiger partial charge on any atom is -0.497 e. The first-order valence-corrected chi connectivity index (χ1v) is 16.1. The van der Waals surface area contributed by atoms with Gasteiger partial charge in [0.25, 0.3) is 0 Å². The van der Waals surface area contributed by atoms with Crippen LogP contribution in [0.4, 0.5) is 0 Å². The Kier molecular flexibility index (Phi) is 23.5. The second-order valence-corrected chi connectivity index (χ2v) is 10.9. The van der Waals surface area contributed by atoms with Crippen molar-refractivity contribution in [1.29, 1.82) is 0 Å². The number of hydrogen-bond donors (Lipinski definition) is 1. The summed E-state index contributed by atoms with van der Waals surface area (Å²) in [5.41, 5.74) is 2.25. The van der Waals surface area contributed by atoms with Crippen molar-refractivity contribution in [3.05, 3.63) is 59.7 Å². The Balaban J connectivity index is 0.000000420. The number of aliphatic hydroxyl groups excluding tert-OH is 1. The van der Waals surface area contributed by atoms with Gasteiger partial charge in [0, 0.05) is 13.0 Å². The van der Waals surface area contributed by atoms with E-state index in [0.717, 1.165) is 54.6 Å². The highest BCUT2D eigenvalue weighted by molar-refractivity contribution is 5.50. The molecule has 0 aliphatic carbocycles. The van der Waals surface area contributed by atoms with Gasteiger partial charge >= 0.3 is 0 Å². The van der Waals surface area contributed by atoms with E-state index in [0.29, 0.717) is 19.6 Å². The van der Waals surface area contributed by atoms with Crippen LogP contribution in [0.1, 0.15) is 115 Å². The summed E-state index contributed by atoms with van der Waals surface area (Å²) in [6, 6.07) is 15.8. The number of aldehydes is 1. The summed E-state index contributed by atoms with van der Waals surface area (Å²) in [4.78, 5) is 10.7. The standard InChI is InChI=1S/C18H30O3.C18H28O3/c2*1-3-4-5-6-7-8-18(13-14-19)21-15-16-9-11-17(20-2)12-10-16/h9-12,18-19H,3-8,13-15H2,1-2H3;9-12,14,18H,3-8,13,15H2,1-2H3/t2*18-/m11/s1. The number of benzene rings is 2. The van der Waals surface area contributed by atoms with E-state index in [2.05, 4.69) is 13.8 Å². The fourth-order valence-corrected chi connectivity index (χ4v) is 4.65. The Bertz CT molecular complexity index is 867. The van der Waals surface area contributed by atoms with Crippen molar-refractivity contribution < 1.29 is 28.8 Å². The van der Waals surface area contributed by atoms with Crippen molar-refractivity contribution >= 4 is 6.29 Å². The van der Waals surface area contributed by atoms with Crippen molar-refractivity contribution in [3.63, 3.8) is 0 Å². The number of hydrogen-bond acceptors (Lipinski definition) is 6. The molecule has 0 fully saturated rings. The van der Waals surface area contributed by atoms with Gasteiger partial charge in [0.2, 0.25) is 0 Å². The van der Waals surface area contributed by atoms with Crippen LogP contribution >= 0.6 is 0 Å². The molecular weight excluding hydrogens is 528 g/mol. The summed E-state index contributed by atoms with van der Waals surface area (Å²) >= 11 is 0. The van der Waals surface area contributed by atoms with Gasteiger partial charge in [0.05, 0.1) is 39.6 Å². The van der Waals surface area contributed by atoms with Crippen LogP contribution in [0.2, 0.25) is 0 Å². The van der Waals surface area contributed by atoms with E-state index in [1.807, 2.05) is 48.5 Å². The minimum atomic E-state index is 0.0474. The van der Waals surface area contributed by atoms with E-state index in [4.69, 9.17) is 24.1 Å². The summed E-state index contributed by atoms with van der Waals surface area (Å²) in [6.45, 7) is 5.79. The lowest BCUT2D eigenvalue weighted by Crippen LogP contribution is -2.14. The lowest BCUT2D eigenvalue weighted by atomic mass is 10.1. The van der Waals surface area contributed by atoms with Crippen molar-refractivity contribution in [3.8, 4) is 11.5 Å². The number of methoxy groups -OCH3 is 2. The normalized spacial score (nSPS) is 12.2. The smallest absolute Gasteiger partial charge is 0.122 e. The monoisotopic (exact) mass is 586 g/mol. The van der Waals surface area contributed by atoms with Crippen LogP contribution in [0.3, 0.4) is 0 Å². The van der Waals surface area contributed by atoms with Crippen LogP contribution in [-0.2, 0) is 27.5 Å². The first-order valence-electron chi connectivity index (χ1n) is 16.1. The number of carbonyl (C=O) groups is 1. The zero-order valence-corrected chi connectivity index (χ0v) is 26.9. The molecule has 0 bridgehead atoms. The van der Waals surface area contributed by atoms with Crippen LogP contribution in [0.5, 0.6) is 11.5 Å². The Morgan fingerprint density at radius 3 is 1.45 bits per heavy atom. The second kappa shape index (κ2) is 26.2. The molecule has 2 rings (SSSR count). The maximum absolute atomic E-state index is 10.7. The lowest BCUT2D eigenvalue weighted by molar-refractivity contribution is -0.110. The van der Waals surface area contributed by atoms with Gasteiger partial charge in [-0.05, 0) is 54.7 Å². The molecule has 0 saturated carbocycles. The SMILES string of the molecule is CCCCCCC[C@H](CC=O)OCc1ccc(OC)cc1.CCCCCCC[C@H](CCO)OCc1ccc(OC)cc1. The van der Waals surface area contributed by atoms with Gasteiger partial charge in [-0.1, -0.05) is 102 Å². The molecule has 0 aromatic heterocycles. The van der Waals surface area contributed by atoms with Crippen LogP contribution in [0.25, 0.3) is 0 Å². The van der Waals surface area contributed by atoms with Gasteiger partial charge in [0.15, 0.2) is 0 Å². The maximum atomic E-state index is 10.7. The molecule has 1 N–H and O–H groups in total. The molecule has 2 atom stereocenters. The number of ether oxygens (including phenoxy) is 4. The average Bonchev–Trinajstić information content (AvgIpc) is 3.03. The summed E-state index contributed by atoms with van der Waals surface area (Å²) in [6.07, 6.45) is 17.0. The van der Waals surface area contributed by atoms with E-state index in [-0.39, 0.29) is 18.8 Å². The van der Waals surface area contributed by atoms with E-state index in [1.54, 1.807) is 14.2 Å². The van der Waals surface area contributed by atoms with Gasteiger partial charge in [-0.15, -0.1) is 0 Å². The third kappa shape index (κ3) is 18.9. The minimum absolute atomic E-state index is 0.0474. The molecule has 6 nitrogen and oxygen atoms in total. The second-order valence-electron chi connectivity index (χ2n) is 10.9. The summed E-state index contributed by atoms with van der Waals surface area (Å²) in [5.74, 6) is 1.71. The lowest BCUT2D eigenvalue weighted by Gasteiger charge is -2.17. The zero-order chi connectivity index (χ0) is 30.7. The first-order chi connectivity index (χ1) is 20.6. The Hall–Kier alpha value is -2.41. The highest BCUT2D eigenvalue weighted by atomic mass is 16.5. The van der Waals surface area contributed by atoms with Crippen molar-refractivity contribution in [1.82, 2.24) is 0 Å². The number of rotatable bonds is 24. The summed E-state index contributed by atoms with van der Waals surface area (Å²) in [5, 5.41) is 9.15. The molecule has 0 unspecified atom stereocenters. The molecule has 0 aliphatic heterocycles. The topological polar surface area (TPSA) is 74.2 Å². The first kappa shape index (κ1) is 37.6. The summed E-state index contributed by atoms with van der Waals surface area (Å²) < 4.78 is 22.1. The number of unbranched alkanes of at least 4 members (excludes halogenated alkanes) is 8. The molecule has 42 heavy (non-hydrogen) atoms. The molecule has 0 radical (unpaired) electrons.